The SMILES string of the molecule is Cc1ccc(F)cc1NC(=O)CCCNC(=O)c1cccs1. The highest BCUT2D eigenvalue weighted by atomic mass is 32.1. The van der Waals surface area contributed by atoms with Gasteiger partial charge in [0.15, 0.2) is 0 Å². The molecule has 22 heavy (non-hydrogen) atoms. The van der Waals surface area contributed by atoms with E-state index in [1.165, 1.54) is 23.5 Å². The largest absolute Gasteiger partial charge is 0.351 e. The third kappa shape index (κ3) is 4.66. The molecule has 0 radical (unpaired) electrons. The predicted octanol–water partition coefficient (Wildman–Crippen LogP) is 3.34. The first-order chi connectivity index (χ1) is 10.6. The van der Waals surface area contributed by atoms with Gasteiger partial charge in [-0.25, -0.2) is 4.39 Å². The third-order valence-corrected chi connectivity index (χ3v) is 3.95. The van der Waals surface area contributed by atoms with Gasteiger partial charge in [0, 0.05) is 18.7 Å². The zero-order valence-electron chi connectivity index (χ0n) is 12.2. The molecule has 2 rings (SSSR count). The second kappa shape index (κ2) is 7.70. The minimum absolute atomic E-state index is 0.128. The first-order valence-corrected chi connectivity index (χ1v) is 7.82. The molecular formula is C16H17FN2O2S. The maximum Gasteiger partial charge on any atom is 0.261 e. The zero-order valence-corrected chi connectivity index (χ0v) is 13.0. The Morgan fingerprint density at radius 1 is 1.27 bits per heavy atom. The number of carbonyl (C=O) groups is 2. The van der Waals surface area contributed by atoms with Gasteiger partial charge in [-0.2, -0.15) is 0 Å². The minimum Gasteiger partial charge on any atom is -0.351 e. The van der Waals surface area contributed by atoms with E-state index in [9.17, 15) is 14.0 Å². The van der Waals surface area contributed by atoms with Crippen LogP contribution in [0.3, 0.4) is 0 Å². The van der Waals surface area contributed by atoms with Crippen molar-refractivity contribution in [2.75, 3.05) is 11.9 Å². The Kier molecular flexibility index (Phi) is 5.66. The summed E-state index contributed by atoms with van der Waals surface area (Å²) in [6.45, 7) is 2.22. The lowest BCUT2D eigenvalue weighted by molar-refractivity contribution is -0.116. The van der Waals surface area contributed by atoms with Crippen LogP contribution in [0.2, 0.25) is 0 Å². The van der Waals surface area contributed by atoms with E-state index in [-0.39, 0.29) is 24.1 Å². The zero-order chi connectivity index (χ0) is 15.9. The van der Waals surface area contributed by atoms with Crippen LogP contribution in [0.1, 0.15) is 28.1 Å². The van der Waals surface area contributed by atoms with Gasteiger partial charge in [-0.1, -0.05) is 12.1 Å². The van der Waals surface area contributed by atoms with Crippen LogP contribution >= 0.6 is 11.3 Å². The highest BCUT2D eigenvalue weighted by molar-refractivity contribution is 7.12. The average Bonchev–Trinajstić information content (AvgIpc) is 3.01. The summed E-state index contributed by atoms with van der Waals surface area (Å²) >= 11 is 1.37. The fraction of sp³-hybridized carbons (Fsp3) is 0.250. The average molecular weight is 320 g/mol. The Balaban J connectivity index is 1.72. The molecule has 0 unspecified atom stereocenters. The smallest absolute Gasteiger partial charge is 0.261 e. The van der Waals surface area contributed by atoms with Gasteiger partial charge in [0.2, 0.25) is 5.91 Å². The fourth-order valence-electron chi connectivity index (χ4n) is 1.89. The Bertz CT molecular complexity index is 656. The first-order valence-electron chi connectivity index (χ1n) is 6.94. The summed E-state index contributed by atoms with van der Waals surface area (Å²) in [5.41, 5.74) is 1.29. The summed E-state index contributed by atoms with van der Waals surface area (Å²) in [4.78, 5) is 24.1. The van der Waals surface area contributed by atoms with Gasteiger partial charge in [0.25, 0.3) is 5.91 Å². The van der Waals surface area contributed by atoms with Crippen LogP contribution in [0.4, 0.5) is 10.1 Å². The molecular weight excluding hydrogens is 303 g/mol. The lowest BCUT2D eigenvalue weighted by Gasteiger charge is -2.08. The van der Waals surface area contributed by atoms with Crippen molar-refractivity contribution < 1.29 is 14.0 Å². The molecule has 0 saturated carbocycles. The number of halogens is 1. The summed E-state index contributed by atoms with van der Waals surface area (Å²) in [7, 11) is 0. The van der Waals surface area contributed by atoms with Crippen LogP contribution in [0.25, 0.3) is 0 Å². The molecule has 2 aromatic rings. The molecule has 1 heterocycles. The standard InChI is InChI=1S/C16H17FN2O2S/c1-11-6-7-12(17)10-13(11)19-15(20)5-2-8-18-16(21)14-4-3-9-22-14/h3-4,6-7,9-10H,2,5,8H2,1H3,(H,18,21)(H,19,20). The van der Waals surface area contributed by atoms with E-state index in [1.54, 1.807) is 19.1 Å². The number of thiophene rings is 1. The van der Waals surface area contributed by atoms with Crippen LogP contribution < -0.4 is 10.6 Å². The van der Waals surface area contributed by atoms with Gasteiger partial charge >= 0.3 is 0 Å². The predicted molar refractivity (Wildman–Crippen MR) is 85.7 cm³/mol. The Hall–Kier alpha value is -2.21. The van der Waals surface area contributed by atoms with Crippen molar-refractivity contribution in [3.05, 3.63) is 52.0 Å². The van der Waals surface area contributed by atoms with Gasteiger partial charge in [-0.15, -0.1) is 11.3 Å². The fourth-order valence-corrected chi connectivity index (χ4v) is 2.53. The van der Waals surface area contributed by atoms with E-state index in [4.69, 9.17) is 0 Å². The molecule has 1 aromatic carbocycles. The number of benzene rings is 1. The Labute approximate surface area is 132 Å². The van der Waals surface area contributed by atoms with Crippen LogP contribution in [0, 0.1) is 12.7 Å². The van der Waals surface area contributed by atoms with Gasteiger partial charge in [-0.3, -0.25) is 9.59 Å². The van der Waals surface area contributed by atoms with E-state index in [0.717, 1.165) is 5.56 Å². The molecule has 6 heteroatoms. The normalized spacial score (nSPS) is 10.3. The number of hydrogen-bond acceptors (Lipinski definition) is 3. The molecule has 0 bridgehead atoms. The third-order valence-electron chi connectivity index (χ3n) is 3.08. The van der Waals surface area contributed by atoms with E-state index >= 15 is 0 Å². The maximum absolute atomic E-state index is 13.1. The molecule has 116 valence electrons. The Morgan fingerprint density at radius 2 is 2.09 bits per heavy atom. The second-order valence-corrected chi connectivity index (χ2v) is 5.79. The second-order valence-electron chi connectivity index (χ2n) is 4.84. The number of hydrogen-bond donors (Lipinski definition) is 2. The summed E-state index contributed by atoms with van der Waals surface area (Å²) in [5, 5.41) is 7.27. The van der Waals surface area contributed by atoms with Crippen molar-refractivity contribution in [1.82, 2.24) is 5.32 Å². The molecule has 0 spiro atoms. The van der Waals surface area contributed by atoms with Crippen LogP contribution in [-0.2, 0) is 4.79 Å². The lowest BCUT2D eigenvalue weighted by Crippen LogP contribution is -2.24. The van der Waals surface area contributed by atoms with Crippen molar-refractivity contribution in [2.45, 2.75) is 19.8 Å². The number of aryl methyl sites for hydroxylation is 1. The minimum atomic E-state index is -0.385. The molecule has 2 amide bonds. The molecule has 2 N–H and O–H groups in total. The summed E-state index contributed by atoms with van der Waals surface area (Å²) in [6.07, 6.45) is 0.790. The summed E-state index contributed by atoms with van der Waals surface area (Å²) in [5.74, 6) is -0.709. The first kappa shape index (κ1) is 16.2. The van der Waals surface area contributed by atoms with E-state index in [1.807, 2.05) is 11.4 Å². The molecule has 0 aliphatic heterocycles. The number of amides is 2. The molecule has 1 aromatic heterocycles. The maximum atomic E-state index is 13.1. The number of anilines is 1. The van der Waals surface area contributed by atoms with Crippen LogP contribution in [0.15, 0.2) is 35.7 Å². The number of rotatable bonds is 6. The van der Waals surface area contributed by atoms with Crippen molar-refractivity contribution in [2.24, 2.45) is 0 Å². The molecule has 0 saturated heterocycles. The van der Waals surface area contributed by atoms with Crippen molar-refractivity contribution in [3.63, 3.8) is 0 Å². The topological polar surface area (TPSA) is 58.2 Å². The monoisotopic (exact) mass is 320 g/mol. The molecule has 0 fully saturated rings. The number of nitrogens with one attached hydrogen (secondary N) is 2. The molecule has 4 nitrogen and oxygen atoms in total. The quantitative estimate of drug-likeness (QED) is 0.802. The van der Waals surface area contributed by atoms with Gasteiger partial charge in [0.1, 0.15) is 5.82 Å². The van der Waals surface area contributed by atoms with E-state index < -0.39 is 0 Å². The van der Waals surface area contributed by atoms with Crippen molar-refractivity contribution in [3.8, 4) is 0 Å². The Morgan fingerprint density at radius 3 is 2.82 bits per heavy atom. The van der Waals surface area contributed by atoms with E-state index in [2.05, 4.69) is 10.6 Å². The van der Waals surface area contributed by atoms with Crippen LogP contribution in [-0.4, -0.2) is 18.4 Å². The van der Waals surface area contributed by atoms with Crippen LogP contribution in [0.5, 0.6) is 0 Å². The van der Waals surface area contributed by atoms with Crippen molar-refractivity contribution in [1.29, 1.82) is 0 Å². The molecule has 0 aliphatic rings. The lowest BCUT2D eigenvalue weighted by atomic mass is 10.2. The van der Waals surface area contributed by atoms with Gasteiger partial charge in [0.05, 0.1) is 4.88 Å². The molecule has 0 atom stereocenters. The van der Waals surface area contributed by atoms with Gasteiger partial charge < -0.3 is 10.6 Å². The number of carbonyl (C=O) groups excluding carboxylic acids is 2. The van der Waals surface area contributed by atoms with Crippen molar-refractivity contribution >= 4 is 28.8 Å². The van der Waals surface area contributed by atoms with E-state index in [0.29, 0.717) is 23.5 Å². The highest BCUT2D eigenvalue weighted by Gasteiger charge is 2.08. The summed E-state index contributed by atoms with van der Waals surface area (Å²) < 4.78 is 13.1. The van der Waals surface area contributed by atoms with Gasteiger partial charge in [-0.05, 0) is 42.5 Å². The highest BCUT2D eigenvalue weighted by Crippen LogP contribution is 2.16. The summed E-state index contributed by atoms with van der Waals surface area (Å²) in [6, 6.07) is 7.83. The molecule has 0 aliphatic carbocycles.